The third-order valence-corrected chi connectivity index (χ3v) is 4.96. The lowest BCUT2D eigenvalue weighted by atomic mass is 10.1. The normalized spacial score (nSPS) is 10.9. The zero-order chi connectivity index (χ0) is 18.5. The molecular formula is C18H21N5O2S. The van der Waals surface area contributed by atoms with E-state index in [1.807, 2.05) is 50.2 Å². The maximum absolute atomic E-state index is 12.2. The Morgan fingerprint density at radius 2 is 1.85 bits per heavy atom. The van der Waals surface area contributed by atoms with Crippen molar-refractivity contribution in [1.29, 1.82) is 0 Å². The molecule has 0 aliphatic carbocycles. The SMILES string of the molecule is CCN(CC)C(=O)CSc1nnc2ccc(-c3ccc(OC)cc3)nn12. The highest BCUT2D eigenvalue weighted by molar-refractivity contribution is 7.99. The molecule has 0 N–H and O–H groups in total. The predicted molar refractivity (Wildman–Crippen MR) is 101 cm³/mol. The third kappa shape index (κ3) is 3.80. The summed E-state index contributed by atoms with van der Waals surface area (Å²) in [7, 11) is 1.64. The first-order valence-electron chi connectivity index (χ1n) is 8.43. The lowest BCUT2D eigenvalue weighted by molar-refractivity contribution is -0.127. The van der Waals surface area contributed by atoms with Gasteiger partial charge in [-0.15, -0.1) is 10.2 Å². The molecule has 0 fully saturated rings. The molecule has 0 unspecified atom stereocenters. The largest absolute Gasteiger partial charge is 0.497 e. The Labute approximate surface area is 156 Å². The number of hydrogen-bond donors (Lipinski definition) is 0. The zero-order valence-electron chi connectivity index (χ0n) is 15.0. The molecule has 2 aromatic heterocycles. The lowest BCUT2D eigenvalue weighted by Gasteiger charge is -2.17. The second-order valence-corrected chi connectivity index (χ2v) is 6.50. The van der Waals surface area contributed by atoms with E-state index in [2.05, 4.69) is 15.3 Å². The van der Waals surface area contributed by atoms with Crippen LogP contribution in [-0.4, -0.2) is 56.6 Å². The van der Waals surface area contributed by atoms with E-state index in [4.69, 9.17) is 4.74 Å². The highest BCUT2D eigenvalue weighted by atomic mass is 32.2. The first-order valence-corrected chi connectivity index (χ1v) is 9.42. The maximum atomic E-state index is 12.2. The summed E-state index contributed by atoms with van der Waals surface area (Å²) in [6.07, 6.45) is 0. The van der Waals surface area contributed by atoms with Gasteiger partial charge in [-0.25, -0.2) is 0 Å². The Morgan fingerprint density at radius 1 is 1.12 bits per heavy atom. The number of hydrogen-bond acceptors (Lipinski definition) is 6. The summed E-state index contributed by atoms with van der Waals surface area (Å²) in [6.45, 7) is 5.36. The summed E-state index contributed by atoms with van der Waals surface area (Å²) in [6, 6.07) is 11.5. The van der Waals surface area contributed by atoms with E-state index >= 15 is 0 Å². The molecule has 0 aliphatic heterocycles. The molecule has 1 aromatic carbocycles. The minimum atomic E-state index is 0.0862. The lowest BCUT2D eigenvalue weighted by Crippen LogP contribution is -2.31. The van der Waals surface area contributed by atoms with Crippen molar-refractivity contribution in [3.8, 4) is 17.0 Å². The van der Waals surface area contributed by atoms with E-state index < -0.39 is 0 Å². The molecule has 26 heavy (non-hydrogen) atoms. The van der Waals surface area contributed by atoms with Gasteiger partial charge >= 0.3 is 0 Å². The molecule has 0 saturated carbocycles. The molecule has 0 atom stereocenters. The summed E-state index contributed by atoms with van der Waals surface area (Å²) in [5, 5.41) is 13.5. The minimum absolute atomic E-state index is 0.0862. The van der Waals surface area contributed by atoms with Gasteiger partial charge in [-0.3, -0.25) is 4.79 Å². The summed E-state index contributed by atoms with van der Waals surface area (Å²) in [4.78, 5) is 14.0. The number of rotatable bonds is 7. The van der Waals surface area contributed by atoms with Crippen molar-refractivity contribution >= 4 is 23.3 Å². The summed E-state index contributed by atoms with van der Waals surface area (Å²) < 4.78 is 6.87. The van der Waals surface area contributed by atoms with Crippen LogP contribution in [0.3, 0.4) is 0 Å². The smallest absolute Gasteiger partial charge is 0.233 e. The van der Waals surface area contributed by atoms with Crippen molar-refractivity contribution in [2.24, 2.45) is 0 Å². The van der Waals surface area contributed by atoms with E-state index in [1.54, 1.807) is 16.5 Å². The number of carbonyl (C=O) groups excluding carboxylic acids is 1. The van der Waals surface area contributed by atoms with E-state index in [0.717, 1.165) is 17.0 Å². The minimum Gasteiger partial charge on any atom is -0.497 e. The topological polar surface area (TPSA) is 72.6 Å². The molecular weight excluding hydrogens is 350 g/mol. The third-order valence-electron chi connectivity index (χ3n) is 4.06. The zero-order valence-corrected chi connectivity index (χ0v) is 15.9. The van der Waals surface area contributed by atoms with E-state index in [0.29, 0.717) is 29.6 Å². The number of benzene rings is 1. The molecule has 3 aromatic rings. The van der Waals surface area contributed by atoms with Gasteiger partial charge in [0.15, 0.2) is 5.65 Å². The fourth-order valence-electron chi connectivity index (χ4n) is 2.57. The summed E-state index contributed by atoms with van der Waals surface area (Å²) >= 11 is 1.35. The van der Waals surface area contributed by atoms with E-state index in [9.17, 15) is 4.79 Å². The second-order valence-electron chi connectivity index (χ2n) is 5.55. The van der Waals surface area contributed by atoms with Crippen molar-refractivity contribution in [3.05, 3.63) is 36.4 Å². The van der Waals surface area contributed by atoms with Crippen LogP contribution in [-0.2, 0) is 4.79 Å². The number of nitrogens with zero attached hydrogens (tertiary/aromatic N) is 5. The molecule has 0 bridgehead atoms. The van der Waals surface area contributed by atoms with Crippen LogP contribution in [0.5, 0.6) is 5.75 Å². The van der Waals surface area contributed by atoms with Gasteiger partial charge in [0, 0.05) is 18.7 Å². The number of aromatic nitrogens is 4. The molecule has 3 rings (SSSR count). The number of thioether (sulfide) groups is 1. The average molecular weight is 371 g/mol. The van der Waals surface area contributed by atoms with E-state index in [-0.39, 0.29) is 5.91 Å². The van der Waals surface area contributed by atoms with Crippen LogP contribution in [0.2, 0.25) is 0 Å². The highest BCUT2D eigenvalue weighted by Crippen LogP contribution is 2.22. The summed E-state index contributed by atoms with van der Waals surface area (Å²) in [5.74, 6) is 1.20. The number of carbonyl (C=O) groups is 1. The van der Waals surface area contributed by atoms with Crippen LogP contribution >= 0.6 is 11.8 Å². The van der Waals surface area contributed by atoms with Gasteiger partial charge in [0.1, 0.15) is 5.75 Å². The van der Waals surface area contributed by atoms with Crippen molar-refractivity contribution in [2.45, 2.75) is 19.0 Å². The fourth-order valence-corrected chi connectivity index (χ4v) is 3.36. The highest BCUT2D eigenvalue weighted by Gasteiger charge is 2.14. The molecule has 7 nitrogen and oxygen atoms in total. The van der Waals surface area contributed by atoms with E-state index in [1.165, 1.54) is 11.8 Å². The molecule has 0 radical (unpaired) electrons. The number of ether oxygens (including phenoxy) is 1. The van der Waals surface area contributed by atoms with Crippen molar-refractivity contribution < 1.29 is 9.53 Å². The summed E-state index contributed by atoms with van der Waals surface area (Å²) in [5.41, 5.74) is 2.42. The van der Waals surface area contributed by atoms with Gasteiger partial charge in [-0.2, -0.15) is 9.61 Å². The Bertz CT molecular complexity index is 890. The fraction of sp³-hybridized carbons (Fsp3) is 0.333. The molecule has 0 aliphatic rings. The van der Waals surface area contributed by atoms with Gasteiger partial charge in [-0.1, -0.05) is 11.8 Å². The molecule has 0 spiro atoms. The first-order chi connectivity index (χ1) is 12.7. The predicted octanol–water partition coefficient (Wildman–Crippen LogP) is 2.76. The Kier molecular flexibility index (Phi) is 5.72. The first kappa shape index (κ1) is 18.2. The van der Waals surface area contributed by atoms with Crippen LogP contribution in [0.4, 0.5) is 0 Å². The van der Waals surface area contributed by atoms with Gasteiger partial charge < -0.3 is 9.64 Å². The quantitative estimate of drug-likeness (QED) is 0.595. The molecule has 0 saturated heterocycles. The van der Waals surface area contributed by atoms with Gasteiger partial charge in [0.25, 0.3) is 0 Å². The van der Waals surface area contributed by atoms with Crippen LogP contribution < -0.4 is 4.74 Å². The van der Waals surface area contributed by atoms with Gasteiger partial charge in [-0.05, 0) is 50.2 Å². The molecule has 1 amide bonds. The Balaban J connectivity index is 1.82. The maximum Gasteiger partial charge on any atom is 0.233 e. The standard InChI is InChI=1S/C18H21N5O2S/c1-4-22(5-2)17(24)12-26-18-20-19-16-11-10-15(21-23(16)18)13-6-8-14(25-3)9-7-13/h6-11H,4-5,12H2,1-3H3. The van der Waals surface area contributed by atoms with Gasteiger partial charge in [0.05, 0.1) is 18.6 Å². The molecule has 8 heteroatoms. The Hall–Kier alpha value is -2.61. The number of fused-ring (bicyclic) bond motifs is 1. The van der Waals surface area contributed by atoms with Crippen molar-refractivity contribution in [2.75, 3.05) is 26.0 Å². The molecule has 2 heterocycles. The van der Waals surface area contributed by atoms with Crippen molar-refractivity contribution in [1.82, 2.24) is 24.7 Å². The second kappa shape index (κ2) is 8.18. The van der Waals surface area contributed by atoms with Crippen LogP contribution in [0.1, 0.15) is 13.8 Å². The van der Waals surface area contributed by atoms with Crippen molar-refractivity contribution in [3.63, 3.8) is 0 Å². The van der Waals surface area contributed by atoms with Gasteiger partial charge in [0.2, 0.25) is 11.1 Å². The van der Waals surface area contributed by atoms with Crippen LogP contribution in [0.15, 0.2) is 41.6 Å². The monoisotopic (exact) mass is 371 g/mol. The van der Waals surface area contributed by atoms with Crippen LogP contribution in [0.25, 0.3) is 16.9 Å². The number of amides is 1. The molecule has 136 valence electrons. The number of methoxy groups -OCH3 is 1. The van der Waals surface area contributed by atoms with Crippen LogP contribution in [0, 0.1) is 0 Å². The Morgan fingerprint density at radius 3 is 2.50 bits per heavy atom. The average Bonchev–Trinajstić information content (AvgIpc) is 3.09.